The van der Waals surface area contributed by atoms with Crippen LogP contribution in [0.5, 0.6) is 0 Å². The van der Waals surface area contributed by atoms with Crippen molar-refractivity contribution in [3.63, 3.8) is 0 Å². The smallest absolute Gasteiger partial charge is 0.305 e. The zero-order valence-electron chi connectivity index (χ0n) is 14.8. The Morgan fingerprint density at radius 2 is 1.58 bits per heavy atom. The Kier molecular flexibility index (Phi) is 12.0. The van der Waals surface area contributed by atoms with Crippen LogP contribution in [0.2, 0.25) is 0 Å². The van der Waals surface area contributed by atoms with Crippen LogP contribution in [0.15, 0.2) is 0 Å². The van der Waals surface area contributed by atoms with Gasteiger partial charge in [-0.3, -0.25) is 19.2 Å². The standard InChI is InChI=1S/C16H27NO6S/c1-5-14(19)17-13(11(4)18)10-24-9-12(23-16(21)7-3)8-22-15(20)6-2/h12-13H,5-10H2,1-4H3,(H,17,19)/t12-,13-/m0/s1. The minimum Gasteiger partial charge on any atom is -0.462 e. The third-order valence-electron chi connectivity index (χ3n) is 3.04. The molecule has 0 aliphatic heterocycles. The molecule has 0 aromatic heterocycles. The molecule has 0 radical (unpaired) electrons. The van der Waals surface area contributed by atoms with Crippen molar-refractivity contribution in [2.24, 2.45) is 0 Å². The second-order valence-corrected chi connectivity index (χ2v) is 6.20. The fourth-order valence-corrected chi connectivity index (χ4v) is 2.66. The van der Waals surface area contributed by atoms with E-state index in [9.17, 15) is 19.2 Å². The van der Waals surface area contributed by atoms with Crippen LogP contribution in [-0.2, 0) is 28.7 Å². The minimum atomic E-state index is -0.580. The van der Waals surface area contributed by atoms with Gasteiger partial charge in [0, 0.05) is 30.8 Å². The summed E-state index contributed by atoms with van der Waals surface area (Å²) in [5.41, 5.74) is 0. The Balaban J connectivity index is 4.49. The van der Waals surface area contributed by atoms with Crippen molar-refractivity contribution in [1.82, 2.24) is 5.32 Å². The van der Waals surface area contributed by atoms with Crippen LogP contribution in [0, 0.1) is 0 Å². The fraction of sp³-hybridized carbons (Fsp3) is 0.750. The van der Waals surface area contributed by atoms with E-state index in [2.05, 4.69) is 5.32 Å². The molecule has 0 aromatic carbocycles. The molecule has 0 aliphatic carbocycles. The molecule has 0 spiro atoms. The molecule has 1 amide bonds. The third-order valence-corrected chi connectivity index (χ3v) is 4.22. The quantitative estimate of drug-likeness (QED) is 0.526. The number of carbonyl (C=O) groups excluding carboxylic acids is 4. The molecular formula is C16H27NO6S. The van der Waals surface area contributed by atoms with E-state index in [1.54, 1.807) is 20.8 Å². The molecule has 0 aromatic rings. The number of esters is 2. The maximum atomic E-state index is 11.6. The summed E-state index contributed by atoms with van der Waals surface area (Å²) in [4.78, 5) is 45.7. The number of Topliss-reactive ketones (excluding diaryl/α,β-unsaturated/α-hetero) is 1. The minimum absolute atomic E-state index is 0.0164. The van der Waals surface area contributed by atoms with Crippen LogP contribution in [0.4, 0.5) is 0 Å². The molecule has 0 saturated heterocycles. The maximum Gasteiger partial charge on any atom is 0.305 e. The van der Waals surface area contributed by atoms with Gasteiger partial charge in [-0.25, -0.2) is 0 Å². The molecule has 0 bridgehead atoms. The van der Waals surface area contributed by atoms with Crippen molar-refractivity contribution in [3.05, 3.63) is 0 Å². The molecule has 0 aliphatic rings. The van der Waals surface area contributed by atoms with Gasteiger partial charge in [-0.05, 0) is 6.92 Å². The van der Waals surface area contributed by atoms with Gasteiger partial charge < -0.3 is 14.8 Å². The lowest BCUT2D eigenvalue weighted by atomic mass is 10.2. The third kappa shape index (κ3) is 10.3. The van der Waals surface area contributed by atoms with Crippen molar-refractivity contribution in [3.8, 4) is 0 Å². The number of carbonyl (C=O) groups is 4. The number of nitrogens with one attached hydrogen (secondary N) is 1. The summed E-state index contributed by atoms with van der Waals surface area (Å²) in [7, 11) is 0. The summed E-state index contributed by atoms with van der Waals surface area (Å²) in [5, 5.41) is 2.65. The number of rotatable bonds is 12. The van der Waals surface area contributed by atoms with Crippen LogP contribution >= 0.6 is 11.8 Å². The van der Waals surface area contributed by atoms with Crippen molar-refractivity contribution in [1.29, 1.82) is 0 Å². The van der Waals surface area contributed by atoms with Crippen LogP contribution in [0.1, 0.15) is 47.0 Å². The van der Waals surface area contributed by atoms with Gasteiger partial charge in [0.15, 0.2) is 5.78 Å². The van der Waals surface area contributed by atoms with E-state index in [1.165, 1.54) is 18.7 Å². The molecule has 2 atom stereocenters. The number of ether oxygens (including phenoxy) is 2. The van der Waals surface area contributed by atoms with Gasteiger partial charge in [0.05, 0.1) is 6.04 Å². The molecule has 0 unspecified atom stereocenters. The van der Waals surface area contributed by atoms with Gasteiger partial charge in [0.2, 0.25) is 5.91 Å². The first-order chi connectivity index (χ1) is 11.3. The SMILES string of the molecule is CCC(=O)N[C@@H](CSC[C@H](COC(=O)CC)OC(=O)CC)C(C)=O. The maximum absolute atomic E-state index is 11.6. The molecule has 7 nitrogen and oxygen atoms in total. The van der Waals surface area contributed by atoms with Gasteiger partial charge in [-0.1, -0.05) is 20.8 Å². The average molecular weight is 361 g/mol. The van der Waals surface area contributed by atoms with E-state index in [1.807, 2.05) is 0 Å². The molecule has 8 heteroatoms. The van der Waals surface area contributed by atoms with E-state index in [0.717, 1.165) is 0 Å². The van der Waals surface area contributed by atoms with E-state index >= 15 is 0 Å². The first kappa shape index (κ1) is 22.4. The second kappa shape index (κ2) is 12.8. The zero-order valence-corrected chi connectivity index (χ0v) is 15.6. The van der Waals surface area contributed by atoms with Crippen LogP contribution < -0.4 is 5.32 Å². The molecule has 0 heterocycles. The van der Waals surface area contributed by atoms with Gasteiger partial charge in [-0.15, -0.1) is 0 Å². The highest BCUT2D eigenvalue weighted by Gasteiger charge is 2.20. The zero-order chi connectivity index (χ0) is 18.5. The van der Waals surface area contributed by atoms with Crippen LogP contribution in [0.3, 0.4) is 0 Å². The lowest BCUT2D eigenvalue weighted by Gasteiger charge is -2.19. The Labute approximate surface area is 147 Å². The van der Waals surface area contributed by atoms with Gasteiger partial charge >= 0.3 is 11.9 Å². The normalized spacial score (nSPS) is 12.8. The predicted octanol–water partition coefficient (Wildman–Crippen LogP) is 1.48. The first-order valence-electron chi connectivity index (χ1n) is 8.06. The van der Waals surface area contributed by atoms with E-state index in [0.29, 0.717) is 17.9 Å². The highest BCUT2D eigenvalue weighted by Crippen LogP contribution is 2.11. The molecule has 24 heavy (non-hydrogen) atoms. The van der Waals surface area contributed by atoms with E-state index in [-0.39, 0.29) is 43.1 Å². The van der Waals surface area contributed by atoms with Crippen LogP contribution in [0.25, 0.3) is 0 Å². The average Bonchev–Trinajstić information content (AvgIpc) is 2.57. The Bertz CT molecular complexity index is 440. The molecular weight excluding hydrogens is 334 g/mol. The molecule has 1 N–H and O–H groups in total. The Morgan fingerprint density at radius 3 is 2.08 bits per heavy atom. The largest absolute Gasteiger partial charge is 0.462 e. The number of thioether (sulfide) groups is 1. The molecule has 0 saturated carbocycles. The first-order valence-corrected chi connectivity index (χ1v) is 9.22. The van der Waals surface area contributed by atoms with Crippen molar-refractivity contribution >= 4 is 35.4 Å². The number of amides is 1. The van der Waals surface area contributed by atoms with Gasteiger partial charge in [0.25, 0.3) is 0 Å². The number of hydrogen-bond acceptors (Lipinski definition) is 7. The predicted molar refractivity (Wildman–Crippen MR) is 91.6 cm³/mol. The monoisotopic (exact) mass is 361 g/mol. The highest BCUT2D eigenvalue weighted by molar-refractivity contribution is 7.99. The van der Waals surface area contributed by atoms with Crippen LogP contribution in [-0.4, -0.2) is 53.9 Å². The summed E-state index contributed by atoms with van der Waals surface area (Å²) in [6, 6.07) is -0.580. The Morgan fingerprint density at radius 1 is 0.958 bits per heavy atom. The van der Waals surface area contributed by atoms with Crippen molar-refractivity contribution in [2.75, 3.05) is 18.1 Å². The number of ketones is 1. The van der Waals surface area contributed by atoms with Crippen molar-refractivity contribution < 1.29 is 28.7 Å². The summed E-state index contributed by atoms with van der Waals surface area (Å²) < 4.78 is 10.2. The fourth-order valence-electron chi connectivity index (χ4n) is 1.55. The lowest BCUT2D eigenvalue weighted by Crippen LogP contribution is -2.41. The lowest BCUT2D eigenvalue weighted by molar-refractivity contribution is -0.157. The summed E-state index contributed by atoms with van der Waals surface area (Å²) in [6.45, 7) is 6.47. The van der Waals surface area contributed by atoms with Crippen molar-refractivity contribution in [2.45, 2.75) is 59.1 Å². The number of hydrogen-bond donors (Lipinski definition) is 1. The van der Waals surface area contributed by atoms with E-state index in [4.69, 9.17) is 9.47 Å². The highest BCUT2D eigenvalue weighted by atomic mass is 32.2. The summed E-state index contributed by atoms with van der Waals surface area (Å²) in [6.07, 6.45) is 0.202. The van der Waals surface area contributed by atoms with Gasteiger partial charge in [0.1, 0.15) is 12.7 Å². The Hall–Kier alpha value is -1.57. The molecule has 0 fully saturated rings. The second-order valence-electron chi connectivity index (χ2n) is 5.12. The van der Waals surface area contributed by atoms with Gasteiger partial charge in [-0.2, -0.15) is 11.8 Å². The summed E-state index contributed by atoms with van der Waals surface area (Å²) >= 11 is 1.36. The van der Waals surface area contributed by atoms with E-state index < -0.39 is 12.1 Å². The summed E-state index contributed by atoms with van der Waals surface area (Å²) in [5.74, 6) is -0.340. The molecule has 0 rings (SSSR count). The topological polar surface area (TPSA) is 98.8 Å². The molecule has 138 valence electrons.